The van der Waals surface area contributed by atoms with Crippen LogP contribution < -0.4 is 0 Å². The van der Waals surface area contributed by atoms with Gasteiger partial charge in [0.25, 0.3) is 6.04 Å². The molecule has 0 bridgehead atoms. The third kappa shape index (κ3) is 3.44. The van der Waals surface area contributed by atoms with E-state index in [4.69, 9.17) is 11.6 Å². The number of hydroxylamine groups is 1. The second kappa shape index (κ2) is 6.02. The van der Waals surface area contributed by atoms with Crippen LogP contribution in [-0.4, -0.2) is 28.0 Å². The monoisotopic (exact) mass is 282 g/mol. The van der Waals surface area contributed by atoms with Gasteiger partial charge in [0.05, 0.1) is 0 Å². The van der Waals surface area contributed by atoms with E-state index in [-0.39, 0.29) is 4.92 Å². The molecule has 1 saturated carbocycles. The van der Waals surface area contributed by atoms with Crippen molar-refractivity contribution < 1.29 is 9.66 Å². The predicted molar refractivity (Wildman–Crippen MR) is 73.3 cm³/mol. The summed E-state index contributed by atoms with van der Waals surface area (Å²) in [6, 6.07) is 5.48. The van der Waals surface area contributed by atoms with Gasteiger partial charge in [0.15, 0.2) is 6.21 Å². The molecule has 0 N–H and O–H groups in total. The lowest BCUT2D eigenvalue weighted by Gasteiger charge is -2.24. The lowest BCUT2D eigenvalue weighted by molar-refractivity contribution is -0.610. The van der Waals surface area contributed by atoms with Gasteiger partial charge >= 0.3 is 0 Å². The molecule has 6 heteroatoms. The fourth-order valence-corrected chi connectivity index (χ4v) is 2.55. The van der Waals surface area contributed by atoms with E-state index in [9.17, 15) is 15.3 Å². The number of hydrogen-bond donors (Lipinski definition) is 0. The second-order valence-corrected chi connectivity index (χ2v) is 5.18. The van der Waals surface area contributed by atoms with E-state index in [0.29, 0.717) is 23.4 Å². The van der Waals surface area contributed by atoms with E-state index in [1.54, 1.807) is 24.3 Å². The zero-order valence-electron chi connectivity index (χ0n) is 10.4. The van der Waals surface area contributed by atoms with Crippen molar-refractivity contribution in [1.29, 1.82) is 0 Å². The molecule has 0 amide bonds. The van der Waals surface area contributed by atoms with E-state index in [1.165, 1.54) is 6.21 Å². The van der Waals surface area contributed by atoms with Crippen LogP contribution in [0.5, 0.6) is 0 Å². The van der Waals surface area contributed by atoms with Crippen molar-refractivity contribution in [2.45, 2.75) is 37.8 Å². The summed E-state index contributed by atoms with van der Waals surface area (Å²) in [7, 11) is 0. The van der Waals surface area contributed by atoms with E-state index in [2.05, 4.69) is 0 Å². The first-order valence-corrected chi connectivity index (χ1v) is 6.65. The van der Waals surface area contributed by atoms with Gasteiger partial charge in [-0.2, -0.15) is 0 Å². The van der Waals surface area contributed by atoms with Gasteiger partial charge in [0, 0.05) is 28.4 Å². The molecule has 0 aliphatic heterocycles. The lowest BCUT2D eigenvalue weighted by Crippen LogP contribution is -2.42. The fraction of sp³-hybridized carbons (Fsp3) is 0.462. The van der Waals surface area contributed by atoms with Crippen LogP contribution in [0.2, 0.25) is 5.02 Å². The van der Waals surface area contributed by atoms with E-state index >= 15 is 0 Å². The number of benzene rings is 1. The van der Waals surface area contributed by atoms with E-state index < -0.39 is 12.1 Å². The Bertz CT molecular complexity index is 487. The van der Waals surface area contributed by atoms with Crippen LogP contribution in [0.25, 0.3) is 0 Å². The standard InChI is InChI=1S/C13H15ClN2O3/c14-11-7-5-10(6-8-11)9-15(17)12-3-1-2-4-13(12)16(18)19/h5-9,12-13H,1-4H2/b15-9-. The highest BCUT2D eigenvalue weighted by molar-refractivity contribution is 6.30. The van der Waals surface area contributed by atoms with Gasteiger partial charge in [-0.3, -0.25) is 10.1 Å². The SMILES string of the molecule is O=[N+]([O-])C1CCCCC1/[N+]([O-])=C/c1ccc(Cl)cc1. The number of rotatable bonds is 3. The normalized spacial score (nSPS) is 24.2. The first-order chi connectivity index (χ1) is 9.08. The molecule has 0 spiro atoms. The average Bonchev–Trinajstić information content (AvgIpc) is 2.41. The Morgan fingerprint density at radius 2 is 1.68 bits per heavy atom. The van der Waals surface area contributed by atoms with Crippen LogP contribution in [-0.2, 0) is 0 Å². The van der Waals surface area contributed by atoms with Crippen LogP contribution >= 0.6 is 11.6 Å². The number of halogens is 1. The van der Waals surface area contributed by atoms with Crippen LogP contribution in [0.4, 0.5) is 0 Å². The van der Waals surface area contributed by atoms with Gasteiger partial charge in [-0.25, -0.2) is 4.74 Å². The van der Waals surface area contributed by atoms with E-state index in [0.717, 1.165) is 17.6 Å². The summed E-state index contributed by atoms with van der Waals surface area (Å²) >= 11 is 5.77. The molecule has 0 aromatic heterocycles. The molecule has 0 heterocycles. The van der Waals surface area contributed by atoms with Crippen molar-refractivity contribution in [2.75, 3.05) is 0 Å². The van der Waals surface area contributed by atoms with Gasteiger partial charge in [0.1, 0.15) is 0 Å². The molecule has 1 aromatic carbocycles. The number of hydrogen-bond acceptors (Lipinski definition) is 3. The van der Waals surface area contributed by atoms with Crippen LogP contribution in [0, 0.1) is 15.3 Å². The molecule has 1 fully saturated rings. The molecule has 1 aliphatic rings. The lowest BCUT2D eigenvalue weighted by atomic mass is 9.91. The molecular formula is C13H15ClN2O3. The van der Waals surface area contributed by atoms with Crippen molar-refractivity contribution in [3.05, 3.63) is 50.2 Å². The predicted octanol–water partition coefficient (Wildman–Crippen LogP) is 2.86. The topological polar surface area (TPSA) is 69.2 Å². The Morgan fingerprint density at radius 1 is 1.11 bits per heavy atom. The minimum Gasteiger partial charge on any atom is -0.623 e. The second-order valence-electron chi connectivity index (χ2n) is 4.75. The maximum absolute atomic E-state index is 12.1. The molecule has 2 atom stereocenters. The maximum Gasteiger partial charge on any atom is 0.274 e. The molecule has 2 rings (SSSR count). The molecule has 5 nitrogen and oxygen atoms in total. The largest absolute Gasteiger partial charge is 0.623 e. The average molecular weight is 283 g/mol. The summed E-state index contributed by atoms with van der Waals surface area (Å²) in [5, 5.41) is 23.7. The van der Waals surface area contributed by atoms with Crippen molar-refractivity contribution in [3.8, 4) is 0 Å². The molecule has 1 aliphatic carbocycles. The van der Waals surface area contributed by atoms with Gasteiger partial charge in [-0.05, 0) is 37.1 Å². The summed E-state index contributed by atoms with van der Waals surface area (Å²) in [5.74, 6) is 0. The summed E-state index contributed by atoms with van der Waals surface area (Å²) in [4.78, 5) is 10.6. The van der Waals surface area contributed by atoms with Crippen molar-refractivity contribution in [2.24, 2.45) is 0 Å². The molecular weight excluding hydrogens is 268 g/mol. The zero-order chi connectivity index (χ0) is 13.8. The maximum atomic E-state index is 12.1. The van der Waals surface area contributed by atoms with Gasteiger partial charge in [-0.15, -0.1) is 0 Å². The fourth-order valence-electron chi connectivity index (χ4n) is 2.43. The van der Waals surface area contributed by atoms with Crippen molar-refractivity contribution in [1.82, 2.24) is 0 Å². The quantitative estimate of drug-likeness (QED) is 0.281. The van der Waals surface area contributed by atoms with Crippen molar-refractivity contribution in [3.63, 3.8) is 0 Å². The first kappa shape index (κ1) is 13.8. The highest BCUT2D eigenvalue weighted by Crippen LogP contribution is 2.23. The highest BCUT2D eigenvalue weighted by Gasteiger charge is 2.39. The molecule has 19 heavy (non-hydrogen) atoms. The summed E-state index contributed by atoms with van der Waals surface area (Å²) in [6.07, 6.45) is 4.13. The third-order valence-electron chi connectivity index (χ3n) is 3.44. The third-order valence-corrected chi connectivity index (χ3v) is 3.69. The van der Waals surface area contributed by atoms with Crippen molar-refractivity contribution >= 4 is 17.8 Å². The van der Waals surface area contributed by atoms with Crippen LogP contribution in [0.3, 0.4) is 0 Å². The van der Waals surface area contributed by atoms with Crippen LogP contribution in [0.1, 0.15) is 31.2 Å². The Kier molecular flexibility index (Phi) is 4.37. The zero-order valence-corrected chi connectivity index (χ0v) is 11.1. The Balaban J connectivity index is 2.18. The number of nitro groups is 1. The Morgan fingerprint density at radius 3 is 2.26 bits per heavy atom. The highest BCUT2D eigenvalue weighted by atomic mass is 35.5. The van der Waals surface area contributed by atoms with Gasteiger partial charge in [0.2, 0.25) is 6.04 Å². The molecule has 0 radical (unpaired) electrons. The molecule has 102 valence electrons. The Labute approximate surface area is 116 Å². The summed E-state index contributed by atoms with van der Waals surface area (Å²) in [6.45, 7) is 0. The van der Waals surface area contributed by atoms with E-state index in [1.807, 2.05) is 0 Å². The smallest absolute Gasteiger partial charge is 0.274 e. The summed E-state index contributed by atoms with van der Waals surface area (Å²) in [5.41, 5.74) is 0.701. The molecule has 1 aromatic rings. The minimum atomic E-state index is -0.769. The molecule has 0 saturated heterocycles. The summed E-state index contributed by atoms with van der Waals surface area (Å²) < 4.78 is 0.732. The van der Waals surface area contributed by atoms with Gasteiger partial charge in [-0.1, -0.05) is 11.6 Å². The molecule has 2 unspecified atom stereocenters. The first-order valence-electron chi connectivity index (χ1n) is 6.27. The number of nitrogens with zero attached hydrogens (tertiary/aromatic N) is 2. The van der Waals surface area contributed by atoms with Crippen LogP contribution in [0.15, 0.2) is 24.3 Å². The Hall–Kier alpha value is -1.62. The van der Waals surface area contributed by atoms with Gasteiger partial charge < -0.3 is 5.21 Å². The minimum absolute atomic E-state index is 0.329.